The van der Waals surface area contributed by atoms with E-state index in [4.69, 9.17) is 9.47 Å². The van der Waals surface area contributed by atoms with Crippen molar-refractivity contribution in [1.82, 2.24) is 15.5 Å². The number of aryl methyl sites for hydroxylation is 1. The minimum absolute atomic E-state index is 0. The number of aliphatic imine (C=N–C) groups is 1. The van der Waals surface area contributed by atoms with Gasteiger partial charge in [0, 0.05) is 31.8 Å². The standard InChI is InChI=1S/C22H36N4O3.HI/c1-4-23-22(25-17-21(27)26-11-7-6-8-12-26)24-16-19-10-9-18(3)15-20(19)29-14-13-28-5-2;/h9-10,15H,4-8,11-14,16-17H2,1-3H3,(H2,23,24,25);1H. The number of guanidine groups is 1. The molecule has 0 aliphatic carbocycles. The summed E-state index contributed by atoms with van der Waals surface area (Å²) in [5.74, 6) is 1.60. The van der Waals surface area contributed by atoms with Gasteiger partial charge in [-0.3, -0.25) is 4.79 Å². The molecule has 0 saturated carbocycles. The maximum absolute atomic E-state index is 12.4. The Morgan fingerprint density at radius 3 is 2.60 bits per heavy atom. The van der Waals surface area contributed by atoms with Crippen molar-refractivity contribution >= 4 is 35.8 Å². The number of carbonyl (C=O) groups excluding carboxylic acids is 1. The number of benzene rings is 1. The normalized spacial score (nSPS) is 14.1. The van der Waals surface area contributed by atoms with Crippen molar-refractivity contribution in [2.75, 3.05) is 46.0 Å². The first-order chi connectivity index (χ1) is 14.1. The number of nitrogens with one attached hydrogen (secondary N) is 2. The van der Waals surface area contributed by atoms with Crippen LogP contribution >= 0.6 is 24.0 Å². The largest absolute Gasteiger partial charge is 0.491 e. The van der Waals surface area contributed by atoms with Gasteiger partial charge in [-0.2, -0.15) is 0 Å². The van der Waals surface area contributed by atoms with Gasteiger partial charge < -0.3 is 25.0 Å². The summed E-state index contributed by atoms with van der Waals surface area (Å²) in [6, 6.07) is 6.12. The highest BCUT2D eigenvalue weighted by molar-refractivity contribution is 14.0. The van der Waals surface area contributed by atoms with Crippen molar-refractivity contribution in [3.8, 4) is 5.75 Å². The average molecular weight is 532 g/mol. The van der Waals surface area contributed by atoms with Gasteiger partial charge in [0.1, 0.15) is 12.4 Å². The molecule has 1 aromatic rings. The van der Waals surface area contributed by atoms with Crippen LogP contribution < -0.4 is 15.4 Å². The van der Waals surface area contributed by atoms with E-state index >= 15 is 0 Å². The molecule has 1 aromatic carbocycles. The van der Waals surface area contributed by atoms with Gasteiger partial charge in [-0.1, -0.05) is 12.1 Å². The molecule has 7 nitrogen and oxygen atoms in total. The predicted octanol–water partition coefficient (Wildman–Crippen LogP) is 3.10. The fraction of sp³-hybridized carbons (Fsp3) is 0.636. The van der Waals surface area contributed by atoms with Gasteiger partial charge in [0.05, 0.1) is 19.7 Å². The van der Waals surface area contributed by atoms with Gasteiger partial charge in [0.2, 0.25) is 5.91 Å². The van der Waals surface area contributed by atoms with Crippen molar-refractivity contribution in [1.29, 1.82) is 0 Å². The Labute approximate surface area is 198 Å². The second-order valence-electron chi connectivity index (χ2n) is 7.15. The van der Waals surface area contributed by atoms with Crippen molar-refractivity contribution < 1.29 is 14.3 Å². The van der Waals surface area contributed by atoms with Crippen LogP contribution in [0.1, 0.15) is 44.2 Å². The molecule has 30 heavy (non-hydrogen) atoms. The van der Waals surface area contributed by atoms with Crippen LogP contribution in [-0.2, 0) is 16.1 Å². The van der Waals surface area contributed by atoms with Crippen LogP contribution in [0.4, 0.5) is 0 Å². The van der Waals surface area contributed by atoms with E-state index in [1.807, 2.05) is 37.8 Å². The molecule has 1 amide bonds. The van der Waals surface area contributed by atoms with Gasteiger partial charge in [-0.25, -0.2) is 4.99 Å². The second-order valence-corrected chi connectivity index (χ2v) is 7.15. The Hall–Kier alpha value is -1.55. The number of carbonyl (C=O) groups is 1. The number of hydrogen-bond donors (Lipinski definition) is 2. The molecule has 1 aliphatic rings. The molecule has 2 N–H and O–H groups in total. The molecule has 1 heterocycles. The fourth-order valence-electron chi connectivity index (χ4n) is 3.20. The molecule has 1 saturated heterocycles. The van der Waals surface area contributed by atoms with Gasteiger partial charge in [0.25, 0.3) is 0 Å². The zero-order valence-electron chi connectivity index (χ0n) is 18.5. The number of likely N-dealkylation sites (tertiary alicyclic amines) is 1. The Kier molecular flexibility index (Phi) is 13.5. The lowest BCUT2D eigenvalue weighted by atomic mass is 10.1. The number of amides is 1. The van der Waals surface area contributed by atoms with Gasteiger partial charge in [0.15, 0.2) is 5.96 Å². The van der Waals surface area contributed by atoms with Crippen LogP contribution in [0.3, 0.4) is 0 Å². The summed E-state index contributed by atoms with van der Waals surface area (Å²) in [6.07, 6.45) is 3.41. The molecule has 0 spiro atoms. The Balaban J connectivity index is 0.00000450. The Morgan fingerprint density at radius 1 is 1.13 bits per heavy atom. The molecule has 1 fully saturated rings. The lowest BCUT2D eigenvalue weighted by Gasteiger charge is -2.27. The van der Waals surface area contributed by atoms with Crippen molar-refractivity contribution in [3.63, 3.8) is 0 Å². The third kappa shape index (κ3) is 9.51. The molecule has 0 atom stereocenters. The summed E-state index contributed by atoms with van der Waals surface area (Å²) in [6.45, 7) is 11.0. The van der Waals surface area contributed by atoms with E-state index in [0.717, 1.165) is 49.4 Å². The molecule has 1 aliphatic heterocycles. The number of piperidine rings is 1. The van der Waals surface area contributed by atoms with Crippen molar-refractivity contribution in [2.24, 2.45) is 4.99 Å². The van der Waals surface area contributed by atoms with Crippen molar-refractivity contribution in [2.45, 2.75) is 46.6 Å². The molecule has 2 rings (SSSR count). The first-order valence-electron chi connectivity index (χ1n) is 10.7. The SMILES string of the molecule is CCNC(=NCc1ccc(C)cc1OCCOCC)NCC(=O)N1CCCCC1.I. The van der Waals surface area contributed by atoms with E-state index in [1.165, 1.54) is 6.42 Å². The van der Waals surface area contributed by atoms with Crippen LogP contribution in [0.25, 0.3) is 0 Å². The quantitative estimate of drug-likeness (QED) is 0.210. The summed E-state index contributed by atoms with van der Waals surface area (Å²) in [5.41, 5.74) is 2.15. The highest BCUT2D eigenvalue weighted by Gasteiger charge is 2.16. The van der Waals surface area contributed by atoms with Crippen LogP contribution in [-0.4, -0.2) is 62.8 Å². The third-order valence-corrected chi connectivity index (χ3v) is 4.78. The molecule has 170 valence electrons. The van der Waals surface area contributed by atoms with E-state index in [1.54, 1.807) is 0 Å². The van der Waals surface area contributed by atoms with Crippen molar-refractivity contribution in [3.05, 3.63) is 29.3 Å². The predicted molar refractivity (Wildman–Crippen MR) is 132 cm³/mol. The Bertz CT molecular complexity index is 664. The molecule has 0 bridgehead atoms. The summed E-state index contributed by atoms with van der Waals surface area (Å²) in [5, 5.41) is 6.37. The third-order valence-electron chi connectivity index (χ3n) is 4.78. The summed E-state index contributed by atoms with van der Waals surface area (Å²) < 4.78 is 11.2. The van der Waals surface area contributed by atoms with Crippen LogP contribution in [0, 0.1) is 6.92 Å². The minimum atomic E-state index is 0. The first kappa shape index (κ1) is 26.5. The molecular formula is C22H37IN4O3. The number of ether oxygens (including phenoxy) is 2. The van der Waals surface area contributed by atoms with Gasteiger partial charge in [-0.05, 0) is 51.7 Å². The minimum Gasteiger partial charge on any atom is -0.491 e. The fourth-order valence-corrected chi connectivity index (χ4v) is 3.20. The van der Waals surface area contributed by atoms with E-state index in [9.17, 15) is 4.79 Å². The monoisotopic (exact) mass is 532 g/mol. The van der Waals surface area contributed by atoms with Crippen LogP contribution in [0.2, 0.25) is 0 Å². The number of rotatable bonds is 10. The smallest absolute Gasteiger partial charge is 0.241 e. The molecule has 0 unspecified atom stereocenters. The topological polar surface area (TPSA) is 75.2 Å². The zero-order chi connectivity index (χ0) is 20.9. The zero-order valence-corrected chi connectivity index (χ0v) is 20.9. The van der Waals surface area contributed by atoms with Gasteiger partial charge in [-0.15, -0.1) is 24.0 Å². The van der Waals surface area contributed by atoms with E-state index < -0.39 is 0 Å². The van der Waals surface area contributed by atoms with E-state index in [2.05, 4.69) is 21.7 Å². The number of halogens is 1. The number of hydrogen-bond acceptors (Lipinski definition) is 4. The average Bonchev–Trinajstić information content (AvgIpc) is 2.74. The molecule has 0 radical (unpaired) electrons. The summed E-state index contributed by atoms with van der Waals surface area (Å²) in [7, 11) is 0. The Morgan fingerprint density at radius 2 is 1.90 bits per heavy atom. The highest BCUT2D eigenvalue weighted by atomic mass is 127. The lowest BCUT2D eigenvalue weighted by molar-refractivity contribution is -0.130. The first-order valence-corrected chi connectivity index (χ1v) is 10.7. The molecule has 8 heteroatoms. The van der Waals surface area contributed by atoms with Crippen LogP contribution in [0.5, 0.6) is 5.75 Å². The van der Waals surface area contributed by atoms with E-state index in [-0.39, 0.29) is 36.4 Å². The molecule has 0 aromatic heterocycles. The maximum atomic E-state index is 12.4. The van der Waals surface area contributed by atoms with Crippen LogP contribution in [0.15, 0.2) is 23.2 Å². The van der Waals surface area contributed by atoms with Gasteiger partial charge >= 0.3 is 0 Å². The summed E-state index contributed by atoms with van der Waals surface area (Å²) in [4.78, 5) is 19.0. The maximum Gasteiger partial charge on any atom is 0.241 e. The second kappa shape index (κ2) is 15.3. The highest BCUT2D eigenvalue weighted by Crippen LogP contribution is 2.21. The summed E-state index contributed by atoms with van der Waals surface area (Å²) >= 11 is 0. The number of nitrogens with zero attached hydrogens (tertiary/aromatic N) is 2. The lowest BCUT2D eigenvalue weighted by Crippen LogP contribution is -2.46. The van der Waals surface area contributed by atoms with E-state index in [0.29, 0.717) is 32.3 Å². The molecular weight excluding hydrogens is 495 g/mol.